The lowest BCUT2D eigenvalue weighted by atomic mass is 10.1. The monoisotopic (exact) mass is 307 g/mol. The van der Waals surface area contributed by atoms with Gasteiger partial charge < -0.3 is 5.32 Å². The summed E-state index contributed by atoms with van der Waals surface area (Å²) >= 11 is 1.92. The Morgan fingerprint density at radius 1 is 1.26 bits per heavy atom. The van der Waals surface area contributed by atoms with Crippen LogP contribution >= 0.6 is 11.8 Å². The van der Waals surface area contributed by atoms with Gasteiger partial charge in [-0.15, -0.1) is 0 Å². The maximum atomic E-state index is 12.4. The van der Waals surface area contributed by atoms with Crippen LogP contribution in [0.15, 0.2) is 0 Å². The van der Waals surface area contributed by atoms with Gasteiger partial charge in [0.15, 0.2) is 0 Å². The maximum Gasteiger partial charge on any atom is 0.279 e. The van der Waals surface area contributed by atoms with Gasteiger partial charge in [-0.2, -0.15) is 24.5 Å². The lowest BCUT2D eigenvalue weighted by Crippen LogP contribution is -2.52. The molecule has 112 valence electrons. The van der Waals surface area contributed by atoms with Crippen LogP contribution in [0.5, 0.6) is 0 Å². The van der Waals surface area contributed by atoms with Crippen LogP contribution in [0.2, 0.25) is 0 Å². The Balaban J connectivity index is 1.91. The highest BCUT2D eigenvalue weighted by atomic mass is 32.2. The average molecular weight is 307 g/mol. The van der Waals surface area contributed by atoms with Gasteiger partial charge in [0, 0.05) is 25.7 Å². The molecule has 0 aromatic carbocycles. The molecule has 2 fully saturated rings. The molecular weight excluding hydrogens is 282 g/mol. The summed E-state index contributed by atoms with van der Waals surface area (Å²) in [4.78, 5) is 0. The number of rotatable bonds is 6. The summed E-state index contributed by atoms with van der Waals surface area (Å²) in [6, 6.07) is 0.106. The van der Waals surface area contributed by atoms with Gasteiger partial charge in [-0.05, 0) is 43.7 Å². The van der Waals surface area contributed by atoms with Crippen LogP contribution in [0.3, 0.4) is 0 Å². The first-order chi connectivity index (χ1) is 9.13. The zero-order valence-electron chi connectivity index (χ0n) is 11.6. The van der Waals surface area contributed by atoms with Gasteiger partial charge in [0.25, 0.3) is 10.2 Å². The molecule has 19 heavy (non-hydrogen) atoms. The topological polar surface area (TPSA) is 61.4 Å². The molecule has 2 atom stereocenters. The van der Waals surface area contributed by atoms with E-state index in [-0.39, 0.29) is 6.04 Å². The van der Waals surface area contributed by atoms with Gasteiger partial charge in [0.05, 0.1) is 0 Å². The molecule has 0 spiro atoms. The summed E-state index contributed by atoms with van der Waals surface area (Å²) in [5, 5.41) is 3.10. The van der Waals surface area contributed by atoms with Crippen molar-refractivity contribution >= 4 is 22.0 Å². The lowest BCUT2D eigenvalue weighted by Gasteiger charge is -2.34. The lowest BCUT2D eigenvalue weighted by molar-refractivity contribution is 0.245. The Hall–Kier alpha value is 0.180. The van der Waals surface area contributed by atoms with E-state index in [2.05, 4.69) is 10.0 Å². The largest absolute Gasteiger partial charge is 0.318 e. The van der Waals surface area contributed by atoms with Gasteiger partial charge in [0.1, 0.15) is 0 Å². The Bertz CT molecular complexity index is 367. The predicted octanol–water partition coefficient (Wildman–Crippen LogP) is 0.648. The number of piperidine rings is 1. The van der Waals surface area contributed by atoms with Gasteiger partial charge >= 0.3 is 0 Å². The van der Waals surface area contributed by atoms with Crippen LogP contribution in [0.1, 0.15) is 25.7 Å². The van der Waals surface area contributed by atoms with E-state index in [9.17, 15) is 8.42 Å². The van der Waals surface area contributed by atoms with Crippen LogP contribution in [-0.4, -0.2) is 57.0 Å². The Kier molecular flexibility index (Phi) is 5.95. The van der Waals surface area contributed by atoms with E-state index < -0.39 is 10.2 Å². The average Bonchev–Trinajstić information content (AvgIpc) is 2.91. The number of hydrogen-bond acceptors (Lipinski definition) is 4. The molecule has 0 amide bonds. The molecule has 0 radical (unpaired) electrons. The second-order valence-corrected chi connectivity index (χ2v) is 8.26. The highest BCUT2D eigenvalue weighted by Gasteiger charge is 2.32. The van der Waals surface area contributed by atoms with E-state index >= 15 is 0 Å². The fourth-order valence-electron chi connectivity index (χ4n) is 2.78. The third-order valence-electron chi connectivity index (χ3n) is 3.90. The molecule has 2 aliphatic rings. The van der Waals surface area contributed by atoms with Crippen molar-refractivity contribution in [2.75, 3.05) is 38.2 Å². The molecule has 2 rings (SSSR count). The minimum absolute atomic E-state index is 0.106. The third-order valence-corrected chi connectivity index (χ3v) is 6.76. The van der Waals surface area contributed by atoms with Crippen LogP contribution in [0.4, 0.5) is 0 Å². The zero-order valence-corrected chi connectivity index (χ0v) is 13.2. The number of nitrogens with one attached hydrogen (secondary N) is 2. The van der Waals surface area contributed by atoms with E-state index in [1.165, 1.54) is 5.75 Å². The summed E-state index contributed by atoms with van der Waals surface area (Å²) in [6.07, 6.45) is 4.19. The summed E-state index contributed by atoms with van der Waals surface area (Å²) in [5.41, 5.74) is 0. The van der Waals surface area contributed by atoms with Gasteiger partial charge in [-0.1, -0.05) is 6.42 Å². The third kappa shape index (κ3) is 4.32. The molecule has 7 heteroatoms. The molecule has 2 saturated heterocycles. The Morgan fingerprint density at radius 3 is 2.79 bits per heavy atom. The minimum Gasteiger partial charge on any atom is -0.318 e. The van der Waals surface area contributed by atoms with E-state index in [0.717, 1.165) is 38.0 Å². The van der Waals surface area contributed by atoms with Crippen molar-refractivity contribution in [3.8, 4) is 0 Å². The van der Waals surface area contributed by atoms with Crippen molar-refractivity contribution in [2.24, 2.45) is 5.92 Å². The fourth-order valence-corrected chi connectivity index (χ4v) is 5.62. The number of thioether (sulfide) groups is 1. The molecule has 0 aromatic heterocycles. The van der Waals surface area contributed by atoms with Crippen molar-refractivity contribution in [3.05, 3.63) is 0 Å². The van der Waals surface area contributed by atoms with Crippen molar-refractivity contribution < 1.29 is 8.42 Å². The standard InChI is InChI=1S/C12H25N3O2S2/c1-13-9-12-4-2-3-6-15(12)19(16,17)14-8-11-5-7-18-10-11/h11-14H,2-10H2,1H3. The fraction of sp³-hybridized carbons (Fsp3) is 1.00. The van der Waals surface area contributed by atoms with E-state index in [4.69, 9.17) is 0 Å². The van der Waals surface area contributed by atoms with Crippen molar-refractivity contribution in [3.63, 3.8) is 0 Å². The quantitative estimate of drug-likeness (QED) is 0.756. The second kappa shape index (κ2) is 7.26. The Labute approximate surface area is 121 Å². The number of likely N-dealkylation sites (N-methyl/N-ethyl adjacent to an activating group) is 1. The van der Waals surface area contributed by atoms with Gasteiger partial charge in [-0.25, -0.2) is 4.72 Å². The minimum atomic E-state index is -3.31. The maximum absolute atomic E-state index is 12.4. The van der Waals surface area contributed by atoms with E-state index in [0.29, 0.717) is 19.0 Å². The predicted molar refractivity (Wildman–Crippen MR) is 80.6 cm³/mol. The highest BCUT2D eigenvalue weighted by molar-refractivity contribution is 7.99. The first kappa shape index (κ1) is 15.6. The van der Waals surface area contributed by atoms with Gasteiger partial charge in [-0.3, -0.25) is 0 Å². The molecule has 0 aliphatic carbocycles. The zero-order chi connectivity index (χ0) is 13.7. The van der Waals surface area contributed by atoms with Gasteiger partial charge in [0.2, 0.25) is 0 Å². The molecule has 2 heterocycles. The second-order valence-electron chi connectivity index (χ2n) is 5.40. The van der Waals surface area contributed by atoms with E-state index in [1.54, 1.807) is 4.31 Å². The highest BCUT2D eigenvalue weighted by Crippen LogP contribution is 2.24. The SMILES string of the molecule is CNCC1CCCCN1S(=O)(=O)NCC1CCSC1. The summed E-state index contributed by atoms with van der Waals surface area (Å²) in [7, 11) is -1.43. The smallest absolute Gasteiger partial charge is 0.279 e. The molecule has 0 bridgehead atoms. The van der Waals surface area contributed by atoms with Crippen molar-refractivity contribution in [1.29, 1.82) is 0 Å². The Morgan fingerprint density at radius 2 is 2.11 bits per heavy atom. The van der Waals surface area contributed by atoms with Crippen LogP contribution in [0, 0.1) is 5.92 Å². The summed E-state index contributed by atoms with van der Waals surface area (Å²) in [5.74, 6) is 2.76. The number of hydrogen-bond donors (Lipinski definition) is 2. The summed E-state index contributed by atoms with van der Waals surface area (Å²) < 4.78 is 29.3. The van der Waals surface area contributed by atoms with Crippen LogP contribution in [0.25, 0.3) is 0 Å². The molecule has 0 aromatic rings. The summed E-state index contributed by atoms with van der Waals surface area (Å²) in [6.45, 7) is 1.99. The molecule has 2 N–H and O–H groups in total. The molecule has 2 aliphatic heterocycles. The first-order valence-electron chi connectivity index (χ1n) is 7.12. The normalized spacial score (nSPS) is 29.7. The van der Waals surface area contributed by atoms with E-state index in [1.807, 2.05) is 18.8 Å². The first-order valence-corrected chi connectivity index (χ1v) is 9.71. The van der Waals surface area contributed by atoms with Crippen LogP contribution < -0.4 is 10.0 Å². The molecule has 2 unspecified atom stereocenters. The van der Waals surface area contributed by atoms with Crippen LogP contribution in [-0.2, 0) is 10.2 Å². The molecule has 5 nitrogen and oxygen atoms in total. The number of nitrogens with zero attached hydrogens (tertiary/aromatic N) is 1. The van der Waals surface area contributed by atoms with Crippen molar-refractivity contribution in [2.45, 2.75) is 31.7 Å². The molecular formula is C12H25N3O2S2. The van der Waals surface area contributed by atoms with Crippen molar-refractivity contribution in [1.82, 2.24) is 14.3 Å². The molecule has 0 saturated carbocycles.